The first-order chi connectivity index (χ1) is 35.4. The highest BCUT2D eigenvalue weighted by atomic mass is 32.1. The Labute approximate surface area is 438 Å². The van der Waals surface area contributed by atoms with Gasteiger partial charge in [0.2, 0.25) is 23.6 Å². The number of nitrogens with zero attached hydrogens (tertiary/aromatic N) is 4. The molecule has 5 amide bonds. The molecule has 0 aliphatic carbocycles. The van der Waals surface area contributed by atoms with Crippen LogP contribution in [0.15, 0.2) is 64.9 Å². The van der Waals surface area contributed by atoms with Gasteiger partial charge in [-0.2, -0.15) is 0 Å². The molecule has 2 fully saturated rings. The maximum absolute atomic E-state index is 14.0. The monoisotopic (exact) mass is 1030 g/mol. The van der Waals surface area contributed by atoms with Gasteiger partial charge in [0.15, 0.2) is 0 Å². The summed E-state index contributed by atoms with van der Waals surface area (Å²) in [6.45, 7) is 15.7. The maximum Gasteiger partial charge on any atom is 0.256 e. The van der Waals surface area contributed by atoms with Gasteiger partial charge in [-0.1, -0.05) is 69.7 Å². The molecule has 2 aromatic carbocycles. The molecule has 6 N–H and O–H groups in total. The lowest BCUT2D eigenvalue weighted by atomic mass is 9.85. The molecule has 3 aromatic heterocycles. The zero-order valence-corrected chi connectivity index (χ0v) is 44.9. The highest BCUT2D eigenvalue weighted by Gasteiger charge is 2.44. The summed E-state index contributed by atoms with van der Waals surface area (Å²) in [7, 11) is 1.51. The summed E-state index contributed by atoms with van der Waals surface area (Å²) in [5.74, 6) is -0.488. The maximum atomic E-state index is 14.0. The average molecular weight is 1030 g/mol. The van der Waals surface area contributed by atoms with Gasteiger partial charge in [-0.25, -0.2) is 4.98 Å². The predicted octanol–water partition coefficient (Wildman–Crippen LogP) is 6.29. The molecule has 74 heavy (non-hydrogen) atoms. The number of aliphatic hydroxyl groups excluding tert-OH is 1. The fourth-order valence-electron chi connectivity index (χ4n) is 10.3. The van der Waals surface area contributed by atoms with E-state index in [9.17, 15) is 33.9 Å². The fourth-order valence-corrected chi connectivity index (χ4v) is 11.1. The second-order valence-corrected chi connectivity index (χ2v) is 21.9. The topological polar surface area (TPSA) is 220 Å². The second-order valence-electron chi connectivity index (χ2n) is 21.1. The molecule has 0 spiro atoms. The standard InChI is InChI=1S/C56H75N9O8S/c1-35-28-46(73-7)43(52(69)61-35)31-59-54(71)49-37(3)64(44-15-11-10-14-42(44)49)32-39-22-26-63(27-23-39)25-12-8-9-16-47(67)57-24-13-17-48(68)62-51(56(4,5)6)55(72)65-33-41(66)29-45(65)53(70)58-30-38-18-20-40(21-19-38)50-36(2)60-34-74-50/h10-11,14-15,18-21,28,34,39,41,45,51,66H,8-9,12-13,16-17,22-27,29-33H2,1-7H3,(H,57,67)(H,58,70)(H,59,71)(H,61,69)(H,62,68). The van der Waals surface area contributed by atoms with Crippen LogP contribution in [0, 0.1) is 32.1 Å². The lowest BCUT2D eigenvalue weighted by Gasteiger charge is -2.35. The number of thiazole rings is 1. The van der Waals surface area contributed by atoms with Crippen molar-refractivity contribution in [2.24, 2.45) is 11.3 Å². The molecular formula is C56H75N9O8S. The van der Waals surface area contributed by atoms with Crippen molar-refractivity contribution in [1.29, 1.82) is 0 Å². The van der Waals surface area contributed by atoms with Gasteiger partial charge < -0.3 is 50.5 Å². The Balaban J connectivity index is 0.777. The first-order valence-corrected chi connectivity index (χ1v) is 27.0. The quantitative estimate of drug-likeness (QED) is 0.0426. The van der Waals surface area contributed by atoms with E-state index in [0.717, 1.165) is 96.6 Å². The molecule has 398 valence electrons. The van der Waals surface area contributed by atoms with E-state index in [1.165, 1.54) is 12.0 Å². The van der Waals surface area contributed by atoms with Crippen molar-refractivity contribution in [2.45, 2.75) is 137 Å². The predicted molar refractivity (Wildman–Crippen MR) is 288 cm³/mol. The van der Waals surface area contributed by atoms with E-state index in [2.05, 4.69) is 46.8 Å². The van der Waals surface area contributed by atoms with Crippen molar-refractivity contribution < 1.29 is 33.8 Å². The molecular weight excluding hydrogens is 959 g/mol. The van der Waals surface area contributed by atoms with Crippen LogP contribution in [-0.4, -0.2) is 117 Å². The van der Waals surface area contributed by atoms with Crippen LogP contribution in [0.2, 0.25) is 0 Å². The van der Waals surface area contributed by atoms with Crippen molar-refractivity contribution in [3.05, 3.63) is 104 Å². The van der Waals surface area contributed by atoms with Crippen molar-refractivity contribution >= 4 is 51.8 Å². The Hall–Kier alpha value is -6.37. The number of hydrogen-bond donors (Lipinski definition) is 6. The number of hydrogen-bond acceptors (Lipinski definition) is 11. The molecule has 0 saturated carbocycles. The van der Waals surface area contributed by atoms with Crippen LogP contribution >= 0.6 is 11.3 Å². The van der Waals surface area contributed by atoms with E-state index in [0.29, 0.717) is 47.9 Å². The zero-order chi connectivity index (χ0) is 53.1. The summed E-state index contributed by atoms with van der Waals surface area (Å²) in [5, 5.41) is 23.2. The molecule has 5 aromatic rings. The number of nitrogens with one attached hydrogen (secondary N) is 5. The molecule has 3 unspecified atom stereocenters. The van der Waals surface area contributed by atoms with Crippen molar-refractivity contribution in [3.63, 3.8) is 0 Å². The second kappa shape index (κ2) is 25.2. The number of rotatable bonds is 22. The van der Waals surface area contributed by atoms with Crippen LogP contribution in [0.3, 0.4) is 0 Å². The van der Waals surface area contributed by atoms with Gasteiger partial charge in [0.25, 0.3) is 11.5 Å². The normalized spacial score (nSPS) is 16.8. The zero-order valence-electron chi connectivity index (χ0n) is 44.1. The number of carbonyl (C=O) groups excluding carboxylic acids is 5. The van der Waals surface area contributed by atoms with Gasteiger partial charge in [0.05, 0.1) is 47.0 Å². The fraction of sp³-hybridized carbons (Fsp3) is 0.518. The third-order valence-corrected chi connectivity index (χ3v) is 15.5. The number of fused-ring (bicyclic) bond motifs is 1. The molecule has 2 aliphatic rings. The minimum absolute atomic E-state index is 0.00718. The number of aryl methyl sites for hydroxylation is 2. The number of ether oxygens (including phenoxy) is 1. The van der Waals surface area contributed by atoms with Crippen LogP contribution < -0.4 is 31.6 Å². The van der Waals surface area contributed by atoms with E-state index in [1.807, 2.05) is 82.6 Å². The average Bonchev–Trinajstić information content (AvgIpc) is 4.07. The highest BCUT2D eigenvalue weighted by molar-refractivity contribution is 7.13. The van der Waals surface area contributed by atoms with Crippen LogP contribution in [0.4, 0.5) is 0 Å². The van der Waals surface area contributed by atoms with Crippen molar-refractivity contribution in [3.8, 4) is 16.2 Å². The third-order valence-electron chi connectivity index (χ3n) is 14.5. The first-order valence-electron chi connectivity index (χ1n) is 26.1. The number of unbranched alkanes of at least 4 members (excludes halogenated alkanes) is 2. The van der Waals surface area contributed by atoms with Gasteiger partial charge in [-0.3, -0.25) is 28.8 Å². The Morgan fingerprint density at radius 1 is 0.905 bits per heavy atom. The summed E-state index contributed by atoms with van der Waals surface area (Å²) in [6, 6.07) is 15.8. The number of pyridine rings is 1. The molecule has 2 saturated heterocycles. The Kier molecular flexibility index (Phi) is 18.9. The summed E-state index contributed by atoms with van der Waals surface area (Å²) < 4.78 is 7.70. The summed E-state index contributed by atoms with van der Waals surface area (Å²) in [6.07, 6.45) is 4.95. The minimum Gasteiger partial charge on any atom is -0.496 e. The van der Waals surface area contributed by atoms with Crippen LogP contribution in [0.5, 0.6) is 5.75 Å². The van der Waals surface area contributed by atoms with Gasteiger partial charge in [-0.05, 0) is 107 Å². The van der Waals surface area contributed by atoms with Gasteiger partial charge in [0, 0.05) is 67.7 Å². The van der Waals surface area contributed by atoms with Gasteiger partial charge in [0.1, 0.15) is 17.8 Å². The Morgan fingerprint density at radius 3 is 2.34 bits per heavy atom. The van der Waals surface area contributed by atoms with Crippen molar-refractivity contribution in [2.75, 3.05) is 39.8 Å². The number of carbonyl (C=O) groups is 5. The molecule has 3 atom stereocenters. The molecule has 5 heterocycles. The Bertz CT molecular complexity index is 2820. The molecule has 17 nitrogen and oxygen atoms in total. The molecule has 2 aliphatic heterocycles. The number of aromatic nitrogens is 3. The Morgan fingerprint density at radius 2 is 1.64 bits per heavy atom. The van der Waals surface area contributed by atoms with Gasteiger partial charge >= 0.3 is 0 Å². The number of amides is 5. The number of likely N-dealkylation sites (tertiary alicyclic amines) is 2. The molecule has 0 bridgehead atoms. The lowest BCUT2D eigenvalue weighted by Crippen LogP contribution is -2.57. The summed E-state index contributed by atoms with van der Waals surface area (Å²) >= 11 is 1.57. The van der Waals surface area contributed by atoms with Crippen LogP contribution in [-0.2, 0) is 38.8 Å². The van der Waals surface area contributed by atoms with Crippen molar-refractivity contribution in [1.82, 2.24) is 45.6 Å². The number of H-pyrrole nitrogens is 1. The first kappa shape index (κ1) is 55.4. The molecule has 0 radical (unpaired) electrons. The molecule has 18 heteroatoms. The number of methoxy groups -OCH3 is 1. The number of benzene rings is 2. The summed E-state index contributed by atoms with van der Waals surface area (Å²) in [4.78, 5) is 91.9. The minimum atomic E-state index is -0.929. The number of aliphatic hydroxyl groups is 1. The van der Waals surface area contributed by atoms with E-state index in [4.69, 9.17) is 4.74 Å². The molecule has 7 rings (SSSR count). The van der Waals surface area contributed by atoms with Crippen LogP contribution in [0.25, 0.3) is 21.3 Å². The third kappa shape index (κ3) is 14.1. The number of para-hydroxylation sites is 1. The number of aromatic amines is 1. The summed E-state index contributed by atoms with van der Waals surface area (Å²) in [5.41, 5.74) is 7.36. The smallest absolute Gasteiger partial charge is 0.256 e. The van der Waals surface area contributed by atoms with Gasteiger partial charge in [-0.15, -0.1) is 11.3 Å². The largest absolute Gasteiger partial charge is 0.496 e. The van der Waals surface area contributed by atoms with E-state index < -0.39 is 29.5 Å². The van der Waals surface area contributed by atoms with E-state index in [-0.39, 0.29) is 61.7 Å². The SMILES string of the molecule is COc1cc(C)[nH]c(=O)c1CNC(=O)c1c(C)n(CC2CCN(CCCCCC(=O)NCCCC(=O)NC(C(=O)N3CC(O)CC3C(=O)NCc3ccc(-c4scnc4C)cc3)C(C)(C)C)CC2)c2ccccc12. The van der Waals surface area contributed by atoms with E-state index >= 15 is 0 Å². The highest BCUT2D eigenvalue weighted by Crippen LogP contribution is 2.31. The lowest BCUT2D eigenvalue weighted by molar-refractivity contribution is -0.144. The van der Waals surface area contributed by atoms with Crippen LogP contribution in [0.1, 0.15) is 117 Å². The number of piperidine rings is 1. The van der Waals surface area contributed by atoms with E-state index in [1.54, 1.807) is 24.3 Å². The number of β-amino-alcohol motifs (C(OH)–C–C–N with tert-alkyl or cyclic N) is 1.